The summed E-state index contributed by atoms with van der Waals surface area (Å²) in [5.41, 5.74) is 0. The number of alkyl halides is 2. The Hall–Kier alpha value is -0.640. The van der Waals surface area contributed by atoms with Crippen LogP contribution in [0, 0.1) is 0 Å². The highest BCUT2D eigenvalue weighted by molar-refractivity contribution is 9.09. The highest BCUT2D eigenvalue weighted by Crippen LogP contribution is 2.39. The van der Waals surface area contributed by atoms with Crippen molar-refractivity contribution in [2.24, 2.45) is 0 Å². The number of rotatable bonds is 12. The van der Waals surface area contributed by atoms with Crippen LogP contribution in [0.3, 0.4) is 0 Å². The molecule has 144 valence electrons. The second kappa shape index (κ2) is 11.9. The highest BCUT2D eigenvalue weighted by Gasteiger charge is 2.14. The molecular formula is C21H27BrCl2O2. The normalized spacial score (nSPS) is 12.3. The van der Waals surface area contributed by atoms with E-state index in [1.54, 1.807) is 0 Å². The molecule has 0 bridgehead atoms. The van der Waals surface area contributed by atoms with Crippen LogP contribution in [-0.4, -0.2) is 23.9 Å². The van der Waals surface area contributed by atoms with Crippen molar-refractivity contribution in [1.29, 1.82) is 0 Å². The van der Waals surface area contributed by atoms with Gasteiger partial charge in [-0.1, -0.05) is 84.4 Å². The molecule has 0 saturated carbocycles. The van der Waals surface area contributed by atoms with Gasteiger partial charge in [-0.05, 0) is 12.8 Å². The summed E-state index contributed by atoms with van der Waals surface area (Å²) in [5, 5.41) is 3.39. The third-order valence-electron chi connectivity index (χ3n) is 4.25. The molecule has 5 heteroatoms. The number of unbranched alkanes of at least 4 members (excludes halogenated alkanes) is 4. The highest BCUT2D eigenvalue weighted by atomic mass is 79.9. The summed E-state index contributed by atoms with van der Waals surface area (Å²) in [5.74, 6) is 1.49. The summed E-state index contributed by atoms with van der Waals surface area (Å²) >= 11 is 16.2. The maximum absolute atomic E-state index is 6.50. The smallest absolute Gasteiger partial charge is 0.145 e. The Bertz CT molecular complexity index is 678. The number of hydrogen-bond acceptors (Lipinski definition) is 2. The van der Waals surface area contributed by atoms with Crippen LogP contribution in [0.5, 0.6) is 11.5 Å². The molecule has 1 atom stereocenters. The fourth-order valence-electron chi connectivity index (χ4n) is 2.81. The van der Waals surface area contributed by atoms with Gasteiger partial charge in [0, 0.05) is 22.2 Å². The van der Waals surface area contributed by atoms with E-state index >= 15 is 0 Å². The van der Waals surface area contributed by atoms with Crippen molar-refractivity contribution in [2.45, 2.75) is 50.8 Å². The SMILES string of the molecule is CCCCCCCOc1c(Cl)cc(OCC(Cl)CCBr)c2ccccc12. The molecule has 0 saturated heterocycles. The van der Waals surface area contributed by atoms with Crippen LogP contribution in [-0.2, 0) is 0 Å². The Kier molecular flexibility index (Phi) is 9.95. The molecule has 26 heavy (non-hydrogen) atoms. The quantitative estimate of drug-likeness (QED) is 0.239. The first kappa shape index (κ1) is 21.7. The van der Waals surface area contributed by atoms with E-state index < -0.39 is 0 Å². The predicted octanol–water partition coefficient (Wildman–Crippen LogP) is 7.61. The van der Waals surface area contributed by atoms with Crippen LogP contribution in [0.4, 0.5) is 0 Å². The largest absolute Gasteiger partial charge is 0.491 e. The van der Waals surface area contributed by atoms with Gasteiger partial charge in [0.05, 0.1) is 17.0 Å². The second-order valence-corrected chi connectivity index (χ2v) is 8.20. The summed E-state index contributed by atoms with van der Waals surface area (Å²) in [4.78, 5) is 0. The molecule has 0 amide bonds. The lowest BCUT2D eigenvalue weighted by molar-refractivity contribution is 0.304. The first-order chi connectivity index (χ1) is 12.7. The molecule has 2 aromatic rings. The van der Waals surface area contributed by atoms with E-state index in [1.165, 1.54) is 25.7 Å². The molecule has 0 heterocycles. The zero-order valence-corrected chi connectivity index (χ0v) is 18.4. The minimum Gasteiger partial charge on any atom is -0.491 e. The summed E-state index contributed by atoms with van der Waals surface area (Å²) < 4.78 is 12.0. The van der Waals surface area contributed by atoms with Crippen LogP contribution in [0.1, 0.15) is 45.4 Å². The fraction of sp³-hybridized carbons (Fsp3) is 0.524. The van der Waals surface area contributed by atoms with Crippen molar-refractivity contribution in [2.75, 3.05) is 18.5 Å². The average Bonchev–Trinajstić information content (AvgIpc) is 2.64. The second-order valence-electron chi connectivity index (χ2n) is 6.38. The molecule has 1 unspecified atom stereocenters. The molecule has 0 radical (unpaired) electrons. The maximum atomic E-state index is 6.50. The van der Waals surface area contributed by atoms with Gasteiger partial charge in [0.15, 0.2) is 0 Å². The van der Waals surface area contributed by atoms with Gasteiger partial charge in [-0.25, -0.2) is 0 Å². The molecule has 0 N–H and O–H groups in total. The van der Waals surface area contributed by atoms with E-state index in [0.717, 1.165) is 40.4 Å². The van der Waals surface area contributed by atoms with Gasteiger partial charge in [0.1, 0.15) is 18.1 Å². The molecule has 0 aromatic heterocycles. The third-order valence-corrected chi connectivity index (χ3v) is 5.33. The van der Waals surface area contributed by atoms with Gasteiger partial charge >= 0.3 is 0 Å². The van der Waals surface area contributed by atoms with Gasteiger partial charge in [-0.3, -0.25) is 0 Å². The Balaban J connectivity index is 2.09. The standard InChI is InChI=1S/C21H27BrCl2O2/c1-2-3-4-5-8-13-25-21-18-10-7-6-9-17(18)20(14-19(21)24)26-15-16(23)11-12-22/h6-7,9-10,14,16H,2-5,8,11-13,15H2,1H3. The molecule has 0 aliphatic rings. The Morgan fingerprint density at radius 1 is 1.04 bits per heavy atom. The topological polar surface area (TPSA) is 18.5 Å². The van der Waals surface area contributed by atoms with Crippen molar-refractivity contribution in [3.05, 3.63) is 35.4 Å². The number of hydrogen-bond donors (Lipinski definition) is 0. The zero-order valence-electron chi connectivity index (χ0n) is 15.3. The molecule has 0 aliphatic heterocycles. The first-order valence-electron chi connectivity index (χ1n) is 9.34. The Morgan fingerprint density at radius 2 is 1.77 bits per heavy atom. The minimum atomic E-state index is -0.0361. The predicted molar refractivity (Wildman–Crippen MR) is 117 cm³/mol. The van der Waals surface area contributed by atoms with E-state index in [-0.39, 0.29) is 5.38 Å². The zero-order chi connectivity index (χ0) is 18.8. The van der Waals surface area contributed by atoms with Crippen LogP contribution in [0.25, 0.3) is 10.8 Å². The number of ether oxygens (including phenoxy) is 2. The van der Waals surface area contributed by atoms with Crippen LogP contribution >= 0.6 is 39.1 Å². The van der Waals surface area contributed by atoms with E-state index in [2.05, 4.69) is 22.9 Å². The molecule has 0 spiro atoms. The summed E-state index contributed by atoms with van der Waals surface area (Å²) in [7, 11) is 0. The fourth-order valence-corrected chi connectivity index (χ4v) is 4.05. The molecule has 2 rings (SSSR count). The van der Waals surface area contributed by atoms with Gasteiger partial charge < -0.3 is 9.47 Å². The molecule has 2 aromatic carbocycles. The third kappa shape index (κ3) is 6.51. The molecular weight excluding hydrogens is 435 g/mol. The summed E-state index contributed by atoms with van der Waals surface area (Å²) in [6.07, 6.45) is 6.88. The van der Waals surface area contributed by atoms with Crippen LogP contribution < -0.4 is 9.47 Å². The van der Waals surface area contributed by atoms with Crippen molar-refractivity contribution < 1.29 is 9.47 Å². The van der Waals surface area contributed by atoms with Crippen molar-refractivity contribution in [3.8, 4) is 11.5 Å². The lowest BCUT2D eigenvalue weighted by Gasteiger charge is -2.16. The Labute approximate surface area is 175 Å². The number of benzene rings is 2. The average molecular weight is 462 g/mol. The van der Waals surface area contributed by atoms with E-state index in [1.807, 2.05) is 30.3 Å². The summed E-state index contributed by atoms with van der Waals surface area (Å²) in [6.45, 7) is 3.35. The Morgan fingerprint density at radius 3 is 2.50 bits per heavy atom. The van der Waals surface area contributed by atoms with Gasteiger partial charge in [-0.2, -0.15) is 0 Å². The van der Waals surface area contributed by atoms with Gasteiger partial charge in [0.25, 0.3) is 0 Å². The summed E-state index contributed by atoms with van der Waals surface area (Å²) in [6, 6.07) is 9.88. The van der Waals surface area contributed by atoms with E-state index in [9.17, 15) is 0 Å². The van der Waals surface area contributed by atoms with E-state index in [0.29, 0.717) is 18.2 Å². The molecule has 0 aliphatic carbocycles. The molecule has 2 nitrogen and oxygen atoms in total. The maximum Gasteiger partial charge on any atom is 0.145 e. The number of fused-ring (bicyclic) bond motifs is 1. The monoisotopic (exact) mass is 460 g/mol. The lowest BCUT2D eigenvalue weighted by atomic mass is 10.1. The lowest BCUT2D eigenvalue weighted by Crippen LogP contribution is -2.12. The molecule has 0 fully saturated rings. The van der Waals surface area contributed by atoms with Gasteiger partial charge in [0.2, 0.25) is 0 Å². The van der Waals surface area contributed by atoms with Gasteiger partial charge in [-0.15, -0.1) is 11.6 Å². The van der Waals surface area contributed by atoms with Crippen LogP contribution in [0.15, 0.2) is 30.3 Å². The van der Waals surface area contributed by atoms with E-state index in [4.69, 9.17) is 32.7 Å². The first-order valence-corrected chi connectivity index (χ1v) is 11.3. The van der Waals surface area contributed by atoms with Crippen molar-refractivity contribution in [3.63, 3.8) is 0 Å². The van der Waals surface area contributed by atoms with Crippen molar-refractivity contribution in [1.82, 2.24) is 0 Å². The van der Waals surface area contributed by atoms with Crippen LogP contribution in [0.2, 0.25) is 5.02 Å². The van der Waals surface area contributed by atoms with Crippen molar-refractivity contribution >= 4 is 49.9 Å². The number of halogens is 3. The minimum absolute atomic E-state index is 0.0361.